The van der Waals surface area contributed by atoms with Crippen LogP contribution in [0.3, 0.4) is 0 Å². The van der Waals surface area contributed by atoms with Crippen molar-refractivity contribution in [3.05, 3.63) is 28.3 Å². The van der Waals surface area contributed by atoms with Crippen LogP contribution in [0.25, 0.3) is 0 Å². The van der Waals surface area contributed by atoms with Gasteiger partial charge in [-0.3, -0.25) is 10.1 Å². The van der Waals surface area contributed by atoms with Crippen LogP contribution in [-0.2, 0) is 9.31 Å². The van der Waals surface area contributed by atoms with Gasteiger partial charge in [0.05, 0.1) is 22.7 Å². The van der Waals surface area contributed by atoms with Gasteiger partial charge in [-0.05, 0) is 58.0 Å². The van der Waals surface area contributed by atoms with E-state index in [9.17, 15) is 10.1 Å². The molecule has 0 spiro atoms. The first-order chi connectivity index (χ1) is 10.7. The van der Waals surface area contributed by atoms with Gasteiger partial charge in [0.1, 0.15) is 0 Å². The van der Waals surface area contributed by atoms with Crippen molar-refractivity contribution in [3.8, 4) is 5.75 Å². The highest BCUT2D eigenvalue weighted by Gasteiger charge is 2.52. The van der Waals surface area contributed by atoms with Crippen molar-refractivity contribution in [2.24, 2.45) is 5.92 Å². The lowest BCUT2D eigenvalue weighted by atomic mass is 9.79. The first-order valence-corrected chi connectivity index (χ1v) is 7.96. The SMILES string of the molecule is CC1(C)OB(c2ccc(OCC3CC3)c([N+](=O)[O-])c2)OC1(C)C. The van der Waals surface area contributed by atoms with Crippen molar-refractivity contribution in [2.75, 3.05) is 6.61 Å². The van der Waals surface area contributed by atoms with Gasteiger partial charge in [0.2, 0.25) is 0 Å². The lowest BCUT2D eigenvalue weighted by Crippen LogP contribution is -2.41. The second kappa shape index (κ2) is 5.49. The molecule has 1 aromatic rings. The second-order valence-electron chi connectivity index (χ2n) is 7.33. The Morgan fingerprint density at radius 3 is 2.39 bits per heavy atom. The van der Waals surface area contributed by atoms with E-state index in [4.69, 9.17) is 14.0 Å². The van der Waals surface area contributed by atoms with E-state index >= 15 is 0 Å². The van der Waals surface area contributed by atoms with E-state index in [0.717, 1.165) is 12.8 Å². The van der Waals surface area contributed by atoms with Gasteiger partial charge in [0, 0.05) is 6.07 Å². The molecule has 2 fully saturated rings. The van der Waals surface area contributed by atoms with Gasteiger partial charge in [-0.2, -0.15) is 0 Å². The summed E-state index contributed by atoms with van der Waals surface area (Å²) < 4.78 is 17.5. The van der Waals surface area contributed by atoms with Gasteiger partial charge in [0.15, 0.2) is 5.75 Å². The first kappa shape index (κ1) is 16.3. The average Bonchev–Trinajstić information content (AvgIpc) is 3.24. The minimum absolute atomic E-state index is 0.0436. The highest BCUT2D eigenvalue weighted by Crippen LogP contribution is 2.37. The maximum absolute atomic E-state index is 11.3. The van der Waals surface area contributed by atoms with Crippen LogP contribution in [-0.4, -0.2) is 29.9 Å². The number of nitro benzene ring substituents is 1. The molecule has 3 rings (SSSR count). The fourth-order valence-electron chi connectivity index (χ4n) is 2.42. The minimum Gasteiger partial charge on any atom is -0.487 e. The number of rotatable bonds is 5. The van der Waals surface area contributed by atoms with Crippen molar-refractivity contribution in [1.82, 2.24) is 0 Å². The number of hydrogen-bond donors (Lipinski definition) is 0. The van der Waals surface area contributed by atoms with Gasteiger partial charge >= 0.3 is 12.8 Å². The molecule has 1 saturated heterocycles. The van der Waals surface area contributed by atoms with Crippen molar-refractivity contribution >= 4 is 18.3 Å². The van der Waals surface area contributed by atoms with Crippen molar-refractivity contribution < 1.29 is 19.0 Å². The highest BCUT2D eigenvalue weighted by molar-refractivity contribution is 6.62. The van der Waals surface area contributed by atoms with Gasteiger partial charge in [-0.1, -0.05) is 6.07 Å². The zero-order chi connectivity index (χ0) is 16.8. The fraction of sp³-hybridized carbons (Fsp3) is 0.625. The molecule has 0 unspecified atom stereocenters. The minimum atomic E-state index is -0.615. The third-order valence-corrected chi connectivity index (χ3v) is 4.88. The summed E-state index contributed by atoms with van der Waals surface area (Å²) in [7, 11) is -0.615. The molecule has 1 heterocycles. The number of nitrogens with zero attached hydrogens (tertiary/aromatic N) is 1. The third-order valence-electron chi connectivity index (χ3n) is 4.88. The molecule has 0 amide bonds. The van der Waals surface area contributed by atoms with Crippen molar-refractivity contribution in [2.45, 2.75) is 51.7 Å². The topological polar surface area (TPSA) is 70.8 Å². The zero-order valence-electron chi connectivity index (χ0n) is 14.0. The van der Waals surface area contributed by atoms with Gasteiger partial charge in [0.25, 0.3) is 0 Å². The Kier molecular flexibility index (Phi) is 3.88. The van der Waals surface area contributed by atoms with Crippen molar-refractivity contribution in [1.29, 1.82) is 0 Å². The number of hydrogen-bond acceptors (Lipinski definition) is 5. The van der Waals surface area contributed by atoms with Crippen LogP contribution >= 0.6 is 0 Å². The smallest absolute Gasteiger partial charge is 0.487 e. The lowest BCUT2D eigenvalue weighted by Gasteiger charge is -2.32. The van der Waals surface area contributed by atoms with Gasteiger partial charge in [-0.15, -0.1) is 0 Å². The molecule has 1 aliphatic heterocycles. The van der Waals surface area contributed by atoms with E-state index < -0.39 is 23.2 Å². The zero-order valence-corrected chi connectivity index (χ0v) is 14.0. The van der Waals surface area contributed by atoms with Crippen molar-refractivity contribution in [3.63, 3.8) is 0 Å². The Hall–Kier alpha value is -1.60. The van der Waals surface area contributed by atoms with Crippen LogP contribution in [0.1, 0.15) is 40.5 Å². The predicted octanol–water partition coefficient (Wildman–Crippen LogP) is 2.68. The normalized spacial score (nSPS) is 22.2. The molecule has 1 aliphatic carbocycles. The molecule has 0 N–H and O–H groups in total. The molecule has 23 heavy (non-hydrogen) atoms. The summed E-state index contributed by atoms with van der Waals surface area (Å²) in [5.41, 5.74) is -0.367. The number of ether oxygens (including phenoxy) is 1. The Morgan fingerprint density at radius 2 is 1.87 bits per heavy atom. The predicted molar refractivity (Wildman–Crippen MR) is 87.0 cm³/mol. The molecule has 7 heteroatoms. The molecule has 0 aromatic heterocycles. The largest absolute Gasteiger partial charge is 0.495 e. The van der Waals surface area contributed by atoms with Gasteiger partial charge in [-0.25, -0.2) is 0 Å². The Morgan fingerprint density at radius 1 is 1.26 bits per heavy atom. The molecular weight excluding hydrogens is 297 g/mol. The summed E-state index contributed by atoms with van der Waals surface area (Å²) >= 11 is 0. The van der Waals surface area contributed by atoms with Crippen LogP contribution in [0, 0.1) is 16.0 Å². The maximum Gasteiger partial charge on any atom is 0.495 e. The van der Waals surface area contributed by atoms with E-state index in [0.29, 0.717) is 23.7 Å². The molecule has 0 atom stereocenters. The van der Waals surface area contributed by atoms with E-state index in [1.807, 2.05) is 27.7 Å². The maximum atomic E-state index is 11.3. The molecule has 2 aliphatic rings. The summed E-state index contributed by atoms with van der Waals surface area (Å²) in [6, 6.07) is 4.91. The van der Waals surface area contributed by atoms with Crippen LogP contribution < -0.4 is 10.2 Å². The summed E-state index contributed by atoms with van der Waals surface area (Å²) in [4.78, 5) is 10.9. The van der Waals surface area contributed by atoms with E-state index in [1.54, 1.807) is 12.1 Å². The molecule has 0 radical (unpaired) electrons. The van der Waals surface area contributed by atoms with E-state index in [1.165, 1.54) is 6.07 Å². The summed E-state index contributed by atoms with van der Waals surface area (Å²) in [6.07, 6.45) is 2.28. The van der Waals surface area contributed by atoms with E-state index in [-0.39, 0.29) is 5.69 Å². The molecule has 1 saturated carbocycles. The van der Waals surface area contributed by atoms with Crippen LogP contribution in [0.15, 0.2) is 18.2 Å². The first-order valence-electron chi connectivity index (χ1n) is 7.96. The van der Waals surface area contributed by atoms with Crippen LogP contribution in [0.4, 0.5) is 5.69 Å². The molecule has 6 nitrogen and oxygen atoms in total. The summed E-state index contributed by atoms with van der Waals surface area (Å²) in [6.45, 7) is 8.35. The fourth-order valence-corrected chi connectivity index (χ4v) is 2.42. The third kappa shape index (κ3) is 3.21. The summed E-state index contributed by atoms with van der Waals surface area (Å²) in [5, 5.41) is 11.3. The number of nitro groups is 1. The Balaban J connectivity index is 1.83. The van der Waals surface area contributed by atoms with E-state index in [2.05, 4.69) is 0 Å². The number of benzene rings is 1. The summed E-state index contributed by atoms with van der Waals surface area (Å²) in [5.74, 6) is 0.847. The molecular formula is C16H22BNO5. The average molecular weight is 319 g/mol. The van der Waals surface area contributed by atoms with Crippen LogP contribution in [0.2, 0.25) is 0 Å². The monoisotopic (exact) mass is 319 g/mol. The van der Waals surface area contributed by atoms with Crippen LogP contribution in [0.5, 0.6) is 5.75 Å². The molecule has 0 bridgehead atoms. The standard InChI is InChI=1S/C16H22BNO5/c1-15(2)16(3,4)23-17(22-15)12-7-8-14(13(9-12)18(19)20)21-10-11-5-6-11/h7-9,11H,5-6,10H2,1-4H3. The molecule has 124 valence electrons. The second-order valence-corrected chi connectivity index (χ2v) is 7.33. The molecule has 1 aromatic carbocycles. The highest BCUT2D eigenvalue weighted by atomic mass is 16.7. The quantitative estimate of drug-likeness (QED) is 0.474. The lowest BCUT2D eigenvalue weighted by molar-refractivity contribution is -0.385. The van der Waals surface area contributed by atoms with Gasteiger partial charge < -0.3 is 14.0 Å². The Labute approximate surface area is 136 Å². The Bertz CT molecular complexity index is 611.